The number of hydrogen-bond donors (Lipinski definition) is 1. The molecule has 5 nitrogen and oxygen atoms in total. The lowest BCUT2D eigenvalue weighted by Crippen LogP contribution is -2.32. The minimum Gasteiger partial charge on any atom is -0.369 e. The molecule has 5 heteroatoms. The Morgan fingerprint density at radius 3 is 2.84 bits per heavy atom. The van der Waals surface area contributed by atoms with Crippen molar-refractivity contribution in [3.63, 3.8) is 0 Å². The zero-order valence-electron chi connectivity index (χ0n) is 11.6. The highest BCUT2D eigenvalue weighted by Crippen LogP contribution is 2.23. The number of nitrogen functional groups attached to an aromatic ring is 1. The van der Waals surface area contributed by atoms with E-state index < -0.39 is 0 Å². The van der Waals surface area contributed by atoms with E-state index in [0.29, 0.717) is 11.9 Å². The first-order valence-corrected chi connectivity index (χ1v) is 6.90. The van der Waals surface area contributed by atoms with Crippen molar-refractivity contribution in [2.24, 2.45) is 5.92 Å². The third-order valence-electron chi connectivity index (χ3n) is 4.03. The SMILES string of the molecule is Cc1cnc2c(c1)nc(N)n2CC1CCN(C)CC1. The zero-order valence-corrected chi connectivity index (χ0v) is 11.6. The second-order valence-electron chi connectivity index (χ2n) is 5.68. The lowest BCUT2D eigenvalue weighted by Gasteiger charge is -2.29. The van der Waals surface area contributed by atoms with Crippen LogP contribution >= 0.6 is 0 Å². The summed E-state index contributed by atoms with van der Waals surface area (Å²) in [4.78, 5) is 11.3. The van der Waals surface area contributed by atoms with Crippen LogP contribution in [-0.2, 0) is 6.54 Å². The van der Waals surface area contributed by atoms with Crippen LogP contribution < -0.4 is 5.73 Å². The van der Waals surface area contributed by atoms with Gasteiger partial charge in [0.25, 0.3) is 0 Å². The van der Waals surface area contributed by atoms with Gasteiger partial charge in [-0.15, -0.1) is 0 Å². The third kappa shape index (κ3) is 2.42. The molecule has 0 unspecified atom stereocenters. The van der Waals surface area contributed by atoms with Gasteiger partial charge in [-0.25, -0.2) is 9.97 Å². The molecule has 2 aromatic heterocycles. The van der Waals surface area contributed by atoms with Gasteiger partial charge in [-0.3, -0.25) is 4.57 Å². The van der Waals surface area contributed by atoms with Crippen LogP contribution in [0.3, 0.4) is 0 Å². The Labute approximate surface area is 113 Å². The van der Waals surface area contributed by atoms with Crippen LogP contribution in [0.25, 0.3) is 11.2 Å². The molecule has 0 saturated carbocycles. The summed E-state index contributed by atoms with van der Waals surface area (Å²) >= 11 is 0. The van der Waals surface area contributed by atoms with E-state index in [1.807, 2.05) is 19.2 Å². The zero-order chi connectivity index (χ0) is 13.4. The average molecular weight is 259 g/mol. The maximum atomic E-state index is 6.05. The van der Waals surface area contributed by atoms with Crippen molar-refractivity contribution < 1.29 is 0 Å². The Bertz CT molecular complexity index is 581. The van der Waals surface area contributed by atoms with Crippen molar-refractivity contribution in [2.75, 3.05) is 25.9 Å². The fourth-order valence-corrected chi connectivity index (χ4v) is 2.81. The molecule has 2 aromatic rings. The van der Waals surface area contributed by atoms with E-state index in [9.17, 15) is 0 Å². The van der Waals surface area contributed by atoms with E-state index in [-0.39, 0.29) is 0 Å². The highest BCUT2D eigenvalue weighted by Gasteiger charge is 2.19. The fraction of sp³-hybridized carbons (Fsp3) is 0.571. The molecule has 0 aliphatic carbocycles. The number of anilines is 1. The molecule has 0 radical (unpaired) electrons. The quantitative estimate of drug-likeness (QED) is 0.891. The lowest BCUT2D eigenvalue weighted by molar-refractivity contribution is 0.206. The van der Waals surface area contributed by atoms with Crippen molar-refractivity contribution in [1.82, 2.24) is 19.4 Å². The molecule has 102 valence electrons. The van der Waals surface area contributed by atoms with Crippen LogP contribution in [0.1, 0.15) is 18.4 Å². The average Bonchev–Trinajstić information content (AvgIpc) is 2.68. The minimum absolute atomic E-state index is 0.590. The van der Waals surface area contributed by atoms with E-state index in [4.69, 9.17) is 5.73 Å². The summed E-state index contributed by atoms with van der Waals surface area (Å²) in [5.74, 6) is 1.27. The molecule has 0 amide bonds. The fourth-order valence-electron chi connectivity index (χ4n) is 2.81. The number of hydrogen-bond acceptors (Lipinski definition) is 4. The van der Waals surface area contributed by atoms with E-state index in [2.05, 4.69) is 26.5 Å². The Balaban J connectivity index is 1.86. The van der Waals surface area contributed by atoms with Gasteiger partial charge in [0.1, 0.15) is 5.52 Å². The molecule has 0 aromatic carbocycles. The number of aromatic nitrogens is 3. The second-order valence-corrected chi connectivity index (χ2v) is 5.68. The highest BCUT2D eigenvalue weighted by molar-refractivity contribution is 5.74. The molecule has 3 rings (SSSR count). The topological polar surface area (TPSA) is 60.0 Å². The molecule has 1 fully saturated rings. The van der Waals surface area contributed by atoms with E-state index in [1.165, 1.54) is 25.9 Å². The van der Waals surface area contributed by atoms with Crippen molar-refractivity contribution in [3.05, 3.63) is 17.8 Å². The third-order valence-corrected chi connectivity index (χ3v) is 4.03. The van der Waals surface area contributed by atoms with Gasteiger partial charge in [-0.1, -0.05) is 0 Å². The van der Waals surface area contributed by atoms with E-state index in [0.717, 1.165) is 23.3 Å². The Morgan fingerprint density at radius 2 is 2.11 bits per heavy atom. The number of rotatable bonds is 2. The largest absolute Gasteiger partial charge is 0.369 e. The van der Waals surface area contributed by atoms with Gasteiger partial charge < -0.3 is 10.6 Å². The lowest BCUT2D eigenvalue weighted by atomic mass is 9.97. The van der Waals surface area contributed by atoms with E-state index >= 15 is 0 Å². The predicted molar refractivity (Wildman–Crippen MR) is 76.9 cm³/mol. The van der Waals surface area contributed by atoms with Crippen LogP contribution in [0, 0.1) is 12.8 Å². The molecule has 0 atom stereocenters. The number of pyridine rings is 1. The van der Waals surface area contributed by atoms with Crippen molar-refractivity contribution in [2.45, 2.75) is 26.3 Å². The predicted octanol–water partition coefficient (Wildman–Crippen LogP) is 1.66. The van der Waals surface area contributed by atoms with Gasteiger partial charge in [-0.2, -0.15) is 0 Å². The van der Waals surface area contributed by atoms with Crippen LogP contribution in [0.4, 0.5) is 5.95 Å². The standard InChI is InChI=1S/C14H21N5/c1-10-7-12-13(16-8-10)19(14(15)17-12)9-11-3-5-18(2)6-4-11/h7-8,11H,3-6,9H2,1-2H3,(H2,15,17). The van der Waals surface area contributed by atoms with Crippen molar-refractivity contribution >= 4 is 17.1 Å². The van der Waals surface area contributed by atoms with Gasteiger partial charge in [0.2, 0.25) is 5.95 Å². The molecular formula is C14H21N5. The highest BCUT2D eigenvalue weighted by atomic mass is 15.2. The number of fused-ring (bicyclic) bond motifs is 1. The van der Waals surface area contributed by atoms with Crippen LogP contribution in [0.2, 0.25) is 0 Å². The number of imidazole rings is 1. The molecule has 1 aliphatic heterocycles. The number of aryl methyl sites for hydroxylation is 1. The second kappa shape index (κ2) is 4.81. The molecule has 19 heavy (non-hydrogen) atoms. The Hall–Kier alpha value is -1.62. The van der Waals surface area contributed by atoms with Gasteiger partial charge in [0, 0.05) is 12.7 Å². The monoisotopic (exact) mass is 259 g/mol. The molecule has 1 aliphatic rings. The maximum absolute atomic E-state index is 6.05. The van der Waals surface area contributed by atoms with E-state index in [1.54, 1.807) is 0 Å². The molecule has 0 spiro atoms. The number of piperidine rings is 1. The Morgan fingerprint density at radius 1 is 1.37 bits per heavy atom. The summed E-state index contributed by atoms with van der Waals surface area (Å²) in [5, 5.41) is 0. The molecule has 0 bridgehead atoms. The van der Waals surface area contributed by atoms with Crippen LogP contribution in [-0.4, -0.2) is 39.6 Å². The summed E-state index contributed by atoms with van der Waals surface area (Å²) < 4.78 is 2.07. The maximum Gasteiger partial charge on any atom is 0.202 e. The van der Waals surface area contributed by atoms with Crippen molar-refractivity contribution in [1.29, 1.82) is 0 Å². The smallest absolute Gasteiger partial charge is 0.202 e. The van der Waals surface area contributed by atoms with Crippen molar-refractivity contribution in [3.8, 4) is 0 Å². The summed E-state index contributed by atoms with van der Waals surface area (Å²) in [6.07, 6.45) is 4.33. The summed E-state index contributed by atoms with van der Waals surface area (Å²) in [6, 6.07) is 2.05. The summed E-state index contributed by atoms with van der Waals surface area (Å²) in [6.45, 7) is 5.30. The van der Waals surface area contributed by atoms with Gasteiger partial charge in [0.05, 0.1) is 0 Å². The minimum atomic E-state index is 0.590. The number of nitrogens with two attached hydrogens (primary N) is 1. The number of nitrogens with zero attached hydrogens (tertiary/aromatic N) is 4. The molecule has 3 heterocycles. The van der Waals surface area contributed by atoms with Gasteiger partial charge >= 0.3 is 0 Å². The summed E-state index contributed by atoms with van der Waals surface area (Å²) in [7, 11) is 2.18. The first-order valence-electron chi connectivity index (χ1n) is 6.90. The first-order chi connectivity index (χ1) is 9.13. The van der Waals surface area contributed by atoms with Gasteiger partial charge in [0.15, 0.2) is 5.65 Å². The van der Waals surface area contributed by atoms with Crippen LogP contribution in [0.5, 0.6) is 0 Å². The van der Waals surface area contributed by atoms with Gasteiger partial charge in [-0.05, 0) is 57.5 Å². The molecular weight excluding hydrogens is 238 g/mol. The first kappa shape index (κ1) is 12.4. The summed E-state index contributed by atoms with van der Waals surface area (Å²) in [5.41, 5.74) is 9.00. The molecule has 1 saturated heterocycles. The van der Waals surface area contributed by atoms with Crippen LogP contribution in [0.15, 0.2) is 12.3 Å². The Kier molecular flexibility index (Phi) is 3.14. The molecule has 2 N–H and O–H groups in total. The number of likely N-dealkylation sites (tertiary alicyclic amines) is 1. The normalized spacial score (nSPS) is 18.2.